The van der Waals surface area contributed by atoms with Gasteiger partial charge in [0.05, 0.1) is 0 Å². The van der Waals surface area contributed by atoms with E-state index in [-0.39, 0.29) is 0 Å². The monoisotopic (exact) mass is 224 g/mol. The molecule has 1 aromatic heterocycles. The van der Waals surface area contributed by atoms with Crippen LogP contribution in [0.4, 0.5) is 5.95 Å². The Morgan fingerprint density at radius 3 is 2.67 bits per heavy atom. The zero-order chi connectivity index (χ0) is 10.8. The predicted molar refractivity (Wildman–Crippen MR) is 64.4 cm³/mol. The van der Waals surface area contributed by atoms with Crippen LogP contribution in [0.2, 0.25) is 0 Å². The second-order valence-electron chi connectivity index (χ2n) is 4.10. The van der Waals surface area contributed by atoms with Crippen molar-refractivity contribution in [1.82, 2.24) is 14.6 Å². The van der Waals surface area contributed by atoms with Gasteiger partial charge in [0.2, 0.25) is 5.95 Å². The van der Waals surface area contributed by atoms with Gasteiger partial charge in [0.1, 0.15) is 0 Å². The first-order chi connectivity index (χ1) is 7.15. The van der Waals surface area contributed by atoms with E-state index in [2.05, 4.69) is 30.1 Å². The Balaban J connectivity index is 2.15. The molecular weight excluding hydrogens is 207 g/mol. The van der Waals surface area contributed by atoms with Crippen molar-refractivity contribution in [2.75, 3.05) is 18.8 Å². The van der Waals surface area contributed by atoms with Crippen molar-refractivity contribution in [3.05, 3.63) is 17.5 Å². The maximum Gasteiger partial charge on any atom is 0.220 e. The minimum Gasteiger partial charge on any atom is -0.368 e. The van der Waals surface area contributed by atoms with Crippen molar-refractivity contribution < 1.29 is 0 Å². The largest absolute Gasteiger partial charge is 0.368 e. The van der Waals surface area contributed by atoms with Crippen molar-refractivity contribution in [2.45, 2.75) is 25.7 Å². The molecule has 1 aromatic rings. The lowest BCUT2D eigenvalue weighted by Gasteiger charge is -2.28. The van der Waals surface area contributed by atoms with Gasteiger partial charge in [-0.05, 0) is 25.8 Å². The van der Waals surface area contributed by atoms with Crippen LogP contribution < -0.4 is 5.73 Å². The number of nitrogen functional groups attached to an aromatic ring is 1. The van der Waals surface area contributed by atoms with E-state index in [1.807, 2.05) is 6.92 Å². The van der Waals surface area contributed by atoms with Crippen LogP contribution in [0.3, 0.4) is 0 Å². The van der Waals surface area contributed by atoms with E-state index < -0.39 is 0 Å². The first kappa shape index (κ1) is 10.8. The average Bonchev–Trinajstić information content (AvgIpc) is 2.17. The van der Waals surface area contributed by atoms with Gasteiger partial charge < -0.3 is 5.73 Å². The topological polar surface area (TPSA) is 55.0 Å². The quantitative estimate of drug-likeness (QED) is 0.731. The van der Waals surface area contributed by atoms with Gasteiger partial charge in [-0.25, -0.2) is 9.97 Å². The second kappa shape index (κ2) is 4.42. The molecule has 0 saturated carbocycles. The third-order valence-corrected chi connectivity index (χ3v) is 3.36. The number of rotatable bonds is 1. The minimum absolute atomic E-state index is 0.401. The van der Waals surface area contributed by atoms with E-state index in [9.17, 15) is 0 Å². The summed E-state index contributed by atoms with van der Waals surface area (Å²) in [5, 5.41) is 0. The molecule has 5 heteroatoms. The molecule has 1 saturated heterocycles. The lowest BCUT2D eigenvalue weighted by molar-refractivity contribution is 0.341. The molecule has 1 unspecified atom stereocenters. The molecule has 4 nitrogen and oxygen atoms in total. The van der Waals surface area contributed by atoms with Crippen LogP contribution in [0.25, 0.3) is 0 Å². The Bertz CT molecular complexity index is 327. The fourth-order valence-corrected chi connectivity index (χ4v) is 2.32. The second-order valence-corrected chi connectivity index (χ2v) is 4.83. The minimum atomic E-state index is 0.401. The van der Waals surface area contributed by atoms with Crippen LogP contribution in [-0.2, 0) is 0 Å². The van der Waals surface area contributed by atoms with Crippen molar-refractivity contribution >= 4 is 15.3 Å². The van der Waals surface area contributed by atoms with Gasteiger partial charge in [0.25, 0.3) is 0 Å². The highest BCUT2D eigenvalue weighted by molar-refractivity contribution is 7.13. The van der Waals surface area contributed by atoms with Crippen molar-refractivity contribution in [2.24, 2.45) is 0 Å². The third kappa shape index (κ3) is 2.64. The molecule has 2 N–H and O–H groups in total. The SMILES string of the molecule is Cc1cc(C2CCN(P)CC2)nc(N)n1. The maximum atomic E-state index is 5.66. The molecule has 0 bridgehead atoms. The van der Waals surface area contributed by atoms with Gasteiger partial charge in [-0.1, -0.05) is 9.39 Å². The van der Waals surface area contributed by atoms with Crippen molar-refractivity contribution in [3.63, 3.8) is 0 Å². The Morgan fingerprint density at radius 1 is 1.40 bits per heavy atom. The van der Waals surface area contributed by atoms with E-state index in [1.54, 1.807) is 0 Å². The van der Waals surface area contributed by atoms with Gasteiger partial charge in [-0.15, -0.1) is 0 Å². The summed E-state index contributed by atoms with van der Waals surface area (Å²) in [6.45, 7) is 4.18. The number of anilines is 1. The number of hydrogen-bond donors (Lipinski definition) is 1. The average molecular weight is 224 g/mol. The summed E-state index contributed by atoms with van der Waals surface area (Å²) in [5.41, 5.74) is 7.73. The summed E-state index contributed by atoms with van der Waals surface area (Å²) in [4.78, 5) is 8.42. The zero-order valence-electron chi connectivity index (χ0n) is 8.98. The predicted octanol–water partition coefficient (Wildman–Crippen LogP) is 1.34. The molecule has 82 valence electrons. The third-order valence-electron chi connectivity index (χ3n) is 2.84. The fraction of sp³-hybridized carbons (Fsp3) is 0.600. The van der Waals surface area contributed by atoms with Gasteiger partial charge in [-0.3, -0.25) is 4.67 Å². The summed E-state index contributed by atoms with van der Waals surface area (Å²) in [6.07, 6.45) is 2.30. The smallest absolute Gasteiger partial charge is 0.220 e. The molecule has 1 aliphatic heterocycles. The highest BCUT2D eigenvalue weighted by Gasteiger charge is 2.20. The van der Waals surface area contributed by atoms with Gasteiger partial charge in [0, 0.05) is 30.4 Å². The highest BCUT2D eigenvalue weighted by Crippen LogP contribution is 2.28. The van der Waals surface area contributed by atoms with E-state index in [1.165, 1.54) is 0 Å². The summed E-state index contributed by atoms with van der Waals surface area (Å²) in [6, 6.07) is 2.06. The molecule has 0 aromatic carbocycles. The zero-order valence-corrected chi connectivity index (χ0v) is 10.1. The Hall–Kier alpha value is -0.730. The van der Waals surface area contributed by atoms with Gasteiger partial charge in [-0.2, -0.15) is 0 Å². The van der Waals surface area contributed by atoms with Gasteiger partial charge in [0.15, 0.2) is 0 Å². The van der Waals surface area contributed by atoms with E-state index in [4.69, 9.17) is 5.73 Å². The van der Waals surface area contributed by atoms with Crippen LogP contribution >= 0.6 is 9.39 Å². The van der Waals surface area contributed by atoms with Crippen molar-refractivity contribution in [1.29, 1.82) is 0 Å². The number of nitrogens with two attached hydrogens (primary N) is 1. The molecule has 0 spiro atoms. The maximum absolute atomic E-state index is 5.66. The van der Waals surface area contributed by atoms with Crippen LogP contribution in [0.1, 0.15) is 30.1 Å². The Kier molecular flexibility index (Phi) is 3.17. The van der Waals surface area contributed by atoms with E-state index in [0.717, 1.165) is 37.3 Å². The van der Waals surface area contributed by atoms with Crippen LogP contribution in [0, 0.1) is 6.92 Å². The van der Waals surface area contributed by atoms with Crippen molar-refractivity contribution in [3.8, 4) is 0 Å². The molecular formula is C10H17N4P. The first-order valence-electron chi connectivity index (χ1n) is 5.26. The summed E-state index contributed by atoms with van der Waals surface area (Å²) >= 11 is 0. The normalized spacial score (nSPS) is 19.3. The first-order valence-corrected chi connectivity index (χ1v) is 5.77. The molecule has 1 aliphatic rings. The molecule has 2 heterocycles. The number of nitrogens with zero attached hydrogens (tertiary/aromatic N) is 3. The number of aryl methyl sites for hydroxylation is 1. The van der Waals surface area contributed by atoms with Crippen LogP contribution in [0.5, 0.6) is 0 Å². The molecule has 0 radical (unpaired) electrons. The van der Waals surface area contributed by atoms with E-state index in [0.29, 0.717) is 11.9 Å². The number of piperidine rings is 1. The fourth-order valence-electron chi connectivity index (χ4n) is 2.02. The van der Waals surface area contributed by atoms with E-state index >= 15 is 0 Å². The Labute approximate surface area is 92.5 Å². The summed E-state index contributed by atoms with van der Waals surface area (Å²) in [7, 11) is 2.75. The number of hydrogen-bond acceptors (Lipinski definition) is 4. The molecule has 2 rings (SSSR count). The highest BCUT2D eigenvalue weighted by atomic mass is 31.0. The molecule has 15 heavy (non-hydrogen) atoms. The summed E-state index contributed by atoms with van der Waals surface area (Å²) < 4.78 is 2.27. The molecule has 0 aliphatic carbocycles. The molecule has 0 amide bonds. The van der Waals surface area contributed by atoms with Crippen LogP contribution in [0.15, 0.2) is 6.07 Å². The standard InChI is InChI=1S/C10H17N4P/c1-7-6-9(13-10(11)12-7)8-2-4-14(15)5-3-8/h6,8H,2-5,15H2,1H3,(H2,11,12,13). The molecule has 1 fully saturated rings. The Morgan fingerprint density at radius 2 is 2.07 bits per heavy atom. The lowest BCUT2D eigenvalue weighted by Crippen LogP contribution is -2.25. The number of aromatic nitrogens is 2. The molecule has 1 atom stereocenters. The lowest BCUT2D eigenvalue weighted by atomic mass is 9.94. The van der Waals surface area contributed by atoms with Gasteiger partial charge >= 0.3 is 0 Å². The van der Waals surface area contributed by atoms with Crippen LogP contribution in [-0.4, -0.2) is 27.7 Å². The summed E-state index contributed by atoms with van der Waals surface area (Å²) in [5.74, 6) is 0.948.